The molecular formula is C10H18N3O4Y-. The van der Waals surface area contributed by atoms with Crippen LogP contribution in [0.1, 0.15) is 32.1 Å². The first kappa shape index (κ1) is 19.8. The van der Waals surface area contributed by atoms with E-state index in [9.17, 15) is 14.4 Å². The van der Waals surface area contributed by atoms with Crippen LogP contribution in [0.5, 0.6) is 0 Å². The predicted molar refractivity (Wildman–Crippen MR) is 59.7 cm³/mol. The average molecular weight is 333 g/mol. The van der Waals surface area contributed by atoms with E-state index in [0.29, 0.717) is 19.3 Å². The molecule has 0 aliphatic rings. The van der Waals surface area contributed by atoms with E-state index in [0.717, 1.165) is 6.42 Å². The molecule has 8 heteroatoms. The fourth-order valence-electron chi connectivity index (χ4n) is 1.38. The molecule has 0 aromatic rings. The van der Waals surface area contributed by atoms with E-state index >= 15 is 0 Å². The molecule has 0 heterocycles. The number of rotatable bonds is 9. The summed E-state index contributed by atoms with van der Waals surface area (Å²) in [5.74, 6) is -0.686. The van der Waals surface area contributed by atoms with Crippen molar-refractivity contribution in [2.24, 2.45) is 0 Å². The Balaban J connectivity index is 0. The number of hydrogen-bond donors (Lipinski definition) is 4. The Hall–Kier alpha value is -0.526. The Bertz CT molecular complexity index is 264. The first-order chi connectivity index (χ1) is 8.15. The number of hydrogen-bond acceptors (Lipinski definition) is 4. The molecule has 0 fully saturated rings. The first-order valence-electron chi connectivity index (χ1n) is 5.43. The molecule has 18 heavy (non-hydrogen) atoms. The van der Waals surface area contributed by atoms with Gasteiger partial charge in [0.15, 0.2) is 0 Å². The zero-order valence-electron chi connectivity index (χ0n) is 10.4. The zero-order chi connectivity index (χ0) is 13.1. The topological polar surface area (TPSA) is 108 Å². The first-order valence-corrected chi connectivity index (χ1v) is 5.43. The van der Waals surface area contributed by atoms with E-state index in [1.54, 1.807) is 5.48 Å². The normalized spacial score (nSPS) is 10.8. The van der Waals surface area contributed by atoms with Gasteiger partial charge in [0, 0.05) is 46.2 Å². The minimum absolute atomic E-state index is 0. The molecule has 1 atom stereocenters. The molecule has 0 rings (SSSR count). The Morgan fingerprint density at radius 2 is 1.94 bits per heavy atom. The molecule has 1 radical (unpaired) electrons. The van der Waals surface area contributed by atoms with Crippen molar-refractivity contribution in [3.8, 4) is 0 Å². The maximum Gasteiger partial charge on any atom is 0.243 e. The van der Waals surface area contributed by atoms with Gasteiger partial charge in [0.2, 0.25) is 11.8 Å². The van der Waals surface area contributed by atoms with E-state index in [1.807, 2.05) is 0 Å². The molecule has 7 nitrogen and oxygen atoms in total. The molecule has 0 bridgehead atoms. The Labute approximate surface area is 131 Å². The molecule has 0 saturated heterocycles. The smallest absolute Gasteiger partial charge is 0.243 e. The van der Waals surface area contributed by atoms with Crippen LogP contribution in [-0.2, 0) is 47.1 Å². The number of hydroxylamine groups is 1. The minimum Gasteiger partial charge on any atom is -0.520 e. The van der Waals surface area contributed by atoms with Gasteiger partial charge in [-0.1, -0.05) is 12.8 Å². The van der Waals surface area contributed by atoms with Crippen LogP contribution in [0.3, 0.4) is 0 Å². The molecule has 0 aromatic heterocycles. The molecular weight excluding hydrogens is 315 g/mol. The third-order valence-electron chi connectivity index (χ3n) is 2.32. The number of unbranched alkanes of at least 4 members (excludes halogenated alkanes) is 2. The molecule has 0 saturated carbocycles. The molecule has 0 spiro atoms. The maximum atomic E-state index is 11.3. The molecule has 0 aliphatic carbocycles. The number of nitrogens with one attached hydrogen (secondary N) is 3. The van der Waals surface area contributed by atoms with Crippen LogP contribution in [0.4, 0.5) is 0 Å². The third-order valence-corrected chi connectivity index (χ3v) is 2.32. The Morgan fingerprint density at radius 3 is 2.44 bits per heavy atom. The van der Waals surface area contributed by atoms with E-state index in [2.05, 4.69) is 10.6 Å². The largest absolute Gasteiger partial charge is 0.520 e. The molecule has 4 N–H and O–H groups in total. The summed E-state index contributed by atoms with van der Waals surface area (Å²) in [7, 11) is 1.49. The van der Waals surface area contributed by atoms with Gasteiger partial charge in [-0.05, 0) is 12.8 Å². The number of amides is 3. The second-order valence-electron chi connectivity index (χ2n) is 3.55. The summed E-state index contributed by atoms with van der Waals surface area (Å²) < 4.78 is 0. The van der Waals surface area contributed by atoms with E-state index < -0.39 is 11.9 Å². The summed E-state index contributed by atoms with van der Waals surface area (Å²) in [5.41, 5.74) is 1.55. The van der Waals surface area contributed by atoms with Gasteiger partial charge in [-0.25, -0.2) is 5.48 Å². The second kappa shape index (κ2) is 12.9. The summed E-state index contributed by atoms with van der Waals surface area (Å²) in [5, 5.41) is 13.0. The average Bonchev–Trinajstić information content (AvgIpc) is 2.35. The molecule has 3 amide bonds. The van der Waals surface area contributed by atoms with E-state index in [-0.39, 0.29) is 45.0 Å². The van der Waals surface area contributed by atoms with Gasteiger partial charge in [-0.2, -0.15) is 6.41 Å². The van der Waals surface area contributed by atoms with Gasteiger partial charge >= 0.3 is 0 Å². The van der Waals surface area contributed by atoms with Gasteiger partial charge in [-0.3, -0.25) is 14.8 Å². The predicted octanol–water partition coefficient (Wildman–Crippen LogP) is -0.789. The standard InChI is InChI=1S/C10H18N3O4.Y/c1-11-10(16)8(12-7-14)5-3-2-4-6-9(15)13-17;/h8,17H,2-6H2,1H3,(H,11,16)(H,12,14)(H,13,15);/q-1;/t8-;/m0./s1. The molecule has 0 aliphatic heterocycles. The molecule has 101 valence electrons. The van der Waals surface area contributed by atoms with Crippen molar-refractivity contribution in [2.45, 2.75) is 38.1 Å². The summed E-state index contributed by atoms with van der Waals surface area (Å²) >= 11 is 0. The van der Waals surface area contributed by atoms with Crippen LogP contribution in [0.2, 0.25) is 0 Å². The van der Waals surface area contributed by atoms with Crippen molar-refractivity contribution in [3.63, 3.8) is 0 Å². The Morgan fingerprint density at radius 1 is 1.28 bits per heavy atom. The van der Waals surface area contributed by atoms with Crippen LogP contribution >= 0.6 is 0 Å². The number of carbonyl (C=O) groups excluding carboxylic acids is 3. The van der Waals surface area contributed by atoms with Crippen LogP contribution in [0.15, 0.2) is 0 Å². The van der Waals surface area contributed by atoms with Crippen LogP contribution < -0.4 is 16.1 Å². The monoisotopic (exact) mass is 333 g/mol. The van der Waals surface area contributed by atoms with Crippen molar-refractivity contribution in [1.29, 1.82) is 0 Å². The van der Waals surface area contributed by atoms with Crippen molar-refractivity contribution < 1.29 is 52.3 Å². The van der Waals surface area contributed by atoms with Crippen LogP contribution in [-0.4, -0.2) is 36.5 Å². The summed E-state index contributed by atoms with van der Waals surface area (Å²) in [4.78, 5) is 32.1. The van der Waals surface area contributed by atoms with Gasteiger partial charge in [0.25, 0.3) is 0 Å². The molecule has 0 unspecified atom stereocenters. The summed E-state index contributed by atoms with van der Waals surface area (Å²) in [6.07, 6.45) is 4.29. The van der Waals surface area contributed by atoms with Gasteiger partial charge < -0.3 is 15.4 Å². The quantitative estimate of drug-likeness (QED) is 0.146. The summed E-state index contributed by atoms with van der Waals surface area (Å²) in [6.45, 7) is 0. The molecule has 0 aromatic carbocycles. The van der Waals surface area contributed by atoms with Crippen molar-refractivity contribution in [1.82, 2.24) is 16.1 Å². The van der Waals surface area contributed by atoms with Gasteiger partial charge in [-0.15, -0.1) is 0 Å². The minimum atomic E-state index is -0.579. The zero-order valence-corrected chi connectivity index (χ0v) is 13.2. The SMILES string of the molecule is CNC(=O)[C@H](CCCCCC(=O)NO)N[C-]=O.[Y]. The van der Waals surface area contributed by atoms with E-state index in [4.69, 9.17) is 5.21 Å². The van der Waals surface area contributed by atoms with Crippen LogP contribution in [0, 0.1) is 0 Å². The van der Waals surface area contributed by atoms with Crippen molar-refractivity contribution in [2.75, 3.05) is 7.05 Å². The fourth-order valence-corrected chi connectivity index (χ4v) is 1.38. The van der Waals surface area contributed by atoms with Gasteiger partial charge in [0.05, 0.1) is 6.04 Å². The van der Waals surface area contributed by atoms with Crippen molar-refractivity contribution >= 4 is 18.2 Å². The summed E-state index contributed by atoms with van der Waals surface area (Å²) in [6, 6.07) is -0.579. The van der Waals surface area contributed by atoms with E-state index in [1.165, 1.54) is 13.5 Å². The second-order valence-corrected chi connectivity index (χ2v) is 3.55. The third kappa shape index (κ3) is 9.50. The maximum absolute atomic E-state index is 11.3. The van der Waals surface area contributed by atoms with Gasteiger partial charge in [0.1, 0.15) is 0 Å². The fraction of sp³-hybridized carbons (Fsp3) is 0.700. The van der Waals surface area contributed by atoms with Crippen molar-refractivity contribution in [3.05, 3.63) is 0 Å². The van der Waals surface area contributed by atoms with Crippen LogP contribution in [0.25, 0.3) is 0 Å². The Kier molecular flexibility index (Phi) is 14.2. The number of likely N-dealkylation sites (N-methyl/N-ethyl adjacent to an activating group) is 1. The number of carbonyl (C=O) groups is 2.